The maximum Gasteiger partial charge on any atom is 0.203 e. The van der Waals surface area contributed by atoms with Crippen molar-refractivity contribution >= 4 is 33.7 Å². The van der Waals surface area contributed by atoms with Crippen molar-refractivity contribution in [1.82, 2.24) is 14.5 Å². The summed E-state index contributed by atoms with van der Waals surface area (Å²) < 4.78 is 1.99. The fourth-order valence-corrected chi connectivity index (χ4v) is 3.12. The Hall–Kier alpha value is -2.99. The van der Waals surface area contributed by atoms with Gasteiger partial charge in [0.1, 0.15) is 0 Å². The molecule has 118 valence electrons. The van der Waals surface area contributed by atoms with Crippen LogP contribution in [0.25, 0.3) is 22.3 Å². The zero-order valence-corrected chi connectivity index (χ0v) is 13.9. The molecule has 0 aliphatic carbocycles. The number of aryl methyl sites for hydroxylation is 1. The minimum Gasteiger partial charge on any atom is -0.334 e. The summed E-state index contributed by atoms with van der Waals surface area (Å²) in [6.07, 6.45) is 3.60. The lowest BCUT2D eigenvalue weighted by molar-refractivity contribution is 0.947. The Kier molecular flexibility index (Phi) is 3.80. The third-order valence-electron chi connectivity index (χ3n) is 3.70. The molecule has 1 N–H and O–H groups in total. The molecule has 0 unspecified atom stereocenters. The number of hydrazone groups is 1. The monoisotopic (exact) mass is 333 g/mol. The van der Waals surface area contributed by atoms with Crippen molar-refractivity contribution in [1.29, 1.82) is 0 Å². The Balaban J connectivity index is 1.48. The standard InChI is InChI=1S/C18H15N5S/c1-23-12-19-15-8-7-13(9-17(15)23)10-20-22-18-21-16(11-24-18)14-5-3-2-4-6-14/h2-12H,1H3,(H,21,22). The molecule has 2 heterocycles. The van der Waals surface area contributed by atoms with Crippen LogP contribution in [-0.2, 0) is 7.05 Å². The molecular formula is C18H15N5S. The third-order valence-corrected chi connectivity index (χ3v) is 4.44. The average Bonchev–Trinajstić information content (AvgIpc) is 3.23. The summed E-state index contributed by atoms with van der Waals surface area (Å²) in [6.45, 7) is 0. The van der Waals surface area contributed by atoms with E-state index in [-0.39, 0.29) is 0 Å². The van der Waals surface area contributed by atoms with Crippen LogP contribution in [0.4, 0.5) is 5.13 Å². The van der Waals surface area contributed by atoms with Crippen LogP contribution in [0.15, 0.2) is 65.3 Å². The topological polar surface area (TPSA) is 55.1 Å². The molecule has 2 aromatic heterocycles. The summed E-state index contributed by atoms with van der Waals surface area (Å²) in [5.41, 5.74) is 8.13. The number of hydrogen-bond donors (Lipinski definition) is 1. The SMILES string of the molecule is Cn1cnc2ccc(C=NNc3nc(-c4ccccc4)cs3)cc21. The zero-order valence-electron chi connectivity index (χ0n) is 13.0. The van der Waals surface area contributed by atoms with E-state index in [4.69, 9.17) is 0 Å². The molecule has 6 heteroatoms. The molecule has 0 spiro atoms. The number of aromatic nitrogens is 3. The minimum absolute atomic E-state index is 0.770. The fourth-order valence-electron chi connectivity index (χ4n) is 2.45. The van der Waals surface area contributed by atoms with Gasteiger partial charge in [-0.25, -0.2) is 9.97 Å². The van der Waals surface area contributed by atoms with E-state index in [1.54, 1.807) is 6.21 Å². The molecule has 0 atom stereocenters. The summed E-state index contributed by atoms with van der Waals surface area (Å²) in [6, 6.07) is 16.2. The highest BCUT2D eigenvalue weighted by molar-refractivity contribution is 7.14. The van der Waals surface area contributed by atoms with Crippen LogP contribution in [0.3, 0.4) is 0 Å². The van der Waals surface area contributed by atoms with Crippen molar-refractivity contribution in [2.75, 3.05) is 5.43 Å². The Bertz CT molecular complexity index is 1000. The van der Waals surface area contributed by atoms with E-state index < -0.39 is 0 Å². The van der Waals surface area contributed by atoms with Crippen molar-refractivity contribution in [2.24, 2.45) is 12.1 Å². The lowest BCUT2D eigenvalue weighted by Gasteiger charge is -1.97. The van der Waals surface area contributed by atoms with Crippen molar-refractivity contribution in [2.45, 2.75) is 0 Å². The van der Waals surface area contributed by atoms with Gasteiger partial charge in [-0.3, -0.25) is 5.43 Å². The number of hydrogen-bond acceptors (Lipinski definition) is 5. The number of nitrogens with one attached hydrogen (secondary N) is 1. The molecule has 24 heavy (non-hydrogen) atoms. The number of fused-ring (bicyclic) bond motifs is 1. The van der Waals surface area contributed by atoms with Crippen molar-refractivity contribution in [3.8, 4) is 11.3 Å². The molecule has 0 saturated carbocycles. The number of thiazole rings is 1. The molecule has 0 bridgehead atoms. The predicted molar refractivity (Wildman–Crippen MR) is 99.5 cm³/mol. The summed E-state index contributed by atoms with van der Waals surface area (Å²) in [5, 5.41) is 7.08. The Labute approximate surface area is 143 Å². The van der Waals surface area contributed by atoms with Crippen LogP contribution < -0.4 is 5.43 Å². The van der Waals surface area contributed by atoms with E-state index in [1.165, 1.54) is 11.3 Å². The zero-order chi connectivity index (χ0) is 16.4. The van der Waals surface area contributed by atoms with Crippen LogP contribution in [0.1, 0.15) is 5.56 Å². The van der Waals surface area contributed by atoms with Gasteiger partial charge in [0, 0.05) is 18.0 Å². The lowest BCUT2D eigenvalue weighted by atomic mass is 10.2. The van der Waals surface area contributed by atoms with Gasteiger partial charge in [0.15, 0.2) is 0 Å². The van der Waals surface area contributed by atoms with E-state index in [2.05, 4.69) is 26.6 Å². The summed E-state index contributed by atoms with van der Waals surface area (Å²) in [4.78, 5) is 8.86. The number of rotatable bonds is 4. The van der Waals surface area contributed by atoms with E-state index in [0.29, 0.717) is 0 Å². The molecule has 4 rings (SSSR count). The minimum atomic E-state index is 0.770. The Morgan fingerprint density at radius 1 is 1.17 bits per heavy atom. The number of benzene rings is 2. The van der Waals surface area contributed by atoms with E-state index in [1.807, 2.05) is 65.8 Å². The van der Waals surface area contributed by atoms with Crippen molar-refractivity contribution in [3.63, 3.8) is 0 Å². The van der Waals surface area contributed by atoms with Gasteiger partial charge in [-0.15, -0.1) is 11.3 Å². The fraction of sp³-hybridized carbons (Fsp3) is 0.0556. The van der Waals surface area contributed by atoms with Crippen molar-refractivity contribution in [3.05, 3.63) is 65.8 Å². The molecule has 0 aliphatic heterocycles. The first-order chi connectivity index (χ1) is 11.8. The van der Waals surface area contributed by atoms with Crippen LogP contribution >= 0.6 is 11.3 Å². The molecule has 0 saturated heterocycles. The summed E-state index contributed by atoms with van der Waals surface area (Å²) in [5.74, 6) is 0. The second-order valence-electron chi connectivity index (χ2n) is 5.38. The number of nitrogens with zero attached hydrogens (tertiary/aromatic N) is 4. The molecule has 0 radical (unpaired) electrons. The lowest BCUT2D eigenvalue weighted by Crippen LogP contribution is -1.91. The van der Waals surface area contributed by atoms with E-state index in [9.17, 15) is 0 Å². The molecule has 5 nitrogen and oxygen atoms in total. The molecular weight excluding hydrogens is 318 g/mol. The van der Waals surface area contributed by atoms with Crippen LogP contribution in [0, 0.1) is 0 Å². The van der Waals surface area contributed by atoms with Gasteiger partial charge < -0.3 is 4.57 Å². The van der Waals surface area contributed by atoms with E-state index in [0.717, 1.165) is 33.0 Å². The highest BCUT2D eigenvalue weighted by Crippen LogP contribution is 2.24. The van der Waals surface area contributed by atoms with Gasteiger partial charge in [-0.2, -0.15) is 5.10 Å². The van der Waals surface area contributed by atoms with Gasteiger partial charge in [-0.1, -0.05) is 36.4 Å². The van der Waals surface area contributed by atoms with Crippen LogP contribution in [0.2, 0.25) is 0 Å². The molecule has 0 amide bonds. The van der Waals surface area contributed by atoms with E-state index >= 15 is 0 Å². The maximum absolute atomic E-state index is 4.55. The van der Waals surface area contributed by atoms with Crippen LogP contribution in [0.5, 0.6) is 0 Å². The van der Waals surface area contributed by atoms with Gasteiger partial charge in [0.25, 0.3) is 0 Å². The first-order valence-electron chi connectivity index (χ1n) is 7.51. The quantitative estimate of drug-likeness (QED) is 0.451. The normalized spacial score (nSPS) is 11.4. The van der Waals surface area contributed by atoms with Gasteiger partial charge in [0.2, 0.25) is 5.13 Å². The molecule has 2 aromatic carbocycles. The number of imidazole rings is 1. The largest absolute Gasteiger partial charge is 0.334 e. The second-order valence-corrected chi connectivity index (χ2v) is 6.24. The second kappa shape index (κ2) is 6.25. The Morgan fingerprint density at radius 3 is 2.92 bits per heavy atom. The first-order valence-corrected chi connectivity index (χ1v) is 8.39. The van der Waals surface area contributed by atoms with Gasteiger partial charge in [0.05, 0.1) is 29.3 Å². The highest BCUT2D eigenvalue weighted by Gasteiger charge is 2.03. The smallest absolute Gasteiger partial charge is 0.203 e. The Morgan fingerprint density at radius 2 is 2.04 bits per heavy atom. The molecule has 0 fully saturated rings. The molecule has 0 aliphatic rings. The van der Waals surface area contributed by atoms with Gasteiger partial charge >= 0.3 is 0 Å². The first kappa shape index (κ1) is 14.6. The third kappa shape index (κ3) is 2.91. The maximum atomic E-state index is 4.55. The summed E-state index contributed by atoms with van der Waals surface area (Å²) >= 11 is 1.54. The number of anilines is 1. The highest BCUT2D eigenvalue weighted by atomic mass is 32.1. The summed E-state index contributed by atoms with van der Waals surface area (Å²) in [7, 11) is 1.98. The molecule has 4 aromatic rings. The predicted octanol–water partition coefficient (Wildman–Crippen LogP) is 4.14. The average molecular weight is 333 g/mol. The van der Waals surface area contributed by atoms with Gasteiger partial charge in [-0.05, 0) is 17.7 Å². The van der Waals surface area contributed by atoms with Crippen LogP contribution in [-0.4, -0.2) is 20.7 Å². The van der Waals surface area contributed by atoms with Crippen molar-refractivity contribution < 1.29 is 0 Å².